The highest BCUT2D eigenvalue weighted by Gasteiger charge is 2.72. The first-order valence-electron chi connectivity index (χ1n) is 27.1. The minimum absolute atomic E-state index is 0.0931. The molecule has 0 amide bonds. The normalized spacial score (nSPS) is 57.6. The Morgan fingerprint density at radius 2 is 0.687 bits per heavy atom. The highest BCUT2D eigenvalue weighted by atomic mass is 17.3. The molecule has 15 rings (SSSR count). The number of hydrogen-bond donors (Lipinski definition) is 0. The van der Waals surface area contributed by atoms with Crippen molar-refractivity contribution in [3.05, 3.63) is 0 Å². The molecule has 15 nitrogen and oxygen atoms in total. The number of hydrogen-bond acceptors (Lipinski definition) is 15. The molecule has 3 saturated carbocycles. The van der Waals surface area contributed by atoms with Crippen molar-refractivity contribution in [2.45, 2.75) is 236 Å². The van der Waals surface area contributed by atoms with Crippen LogP contribution in [0.4, 0.5) is 0 Å². The standard InChI is InChI=1S/C52H82O15/c1-28-10-13-37-31(4)40(56-43-50(37)34(28)16-22-47(7,59-43)62-65-50)19-25-53-46(54-26-20-41-32(5)38-14-11-29(2)35-17-23-48(8)60-44(57-41)51(35,38)66-63-48)55-27-21-42-33(6)39-15-12-30(3)36-18-24-49(9)61-45(58-42)52(36,39)67-64-49/h28-46H,10-27H2,1-9H3/t28-,29-,30-,31-,32-,33-,34+,35+,36+,37+,38+,39+,40?,41?,42?,43-,44-,45-,46?,47-,48+,49+,50-,51-,52-/m1/s1. The summed E-state index contributed by atoms with van der Waals surface area (Å²) >= 11 is 0. The van der Waals surface area contributed by atoms with Gasteiger partial charge in [0.15, 0.2) is 35.7 Å². The van der Waals surface area contributed by atoms with Gasteiger partial charge >= 0.3 is 0 Å². The van der Waals surface area contributed by atoms with Crippen molar-refractivity contribution in [3.63, 3.8) is 0 Å². The summed E-state index contributed by atoms with van der Waals surface area (Å²) in [6.07, 6.45) is 12.3. The van der Waals surface area contributed by atoms with Gasteiger partial charge in [-0.3, -0.25) is 0 Å². The van der Waals surface area contributed by atoms with Crippen LogP contribution < -0.4 is 0 Å². The molecule has 0 N–H and O–H groups in total. The highest BCUT2D eigenvalue weighted by molar-refractivity contribution is 5.13. The molecule has 12 aliphatic heterocycles. The van der Waals surface area contributed by atoms with Gasteiger partial charge in [-0.2, -0.15) is 0 Å². The Labute approximate surface area is 398 Å². The van der Waals surface area contributed by atoms with Crippen LogP contribution in [0.5, 0.6) is 0 Å². The van der Waals surface area contributed by atoms with E-state index in [0.29, 0.717) is 74.6 Å². The van der Waals surface area contributed by atoms with Gasteiger partial charge in [-0.1, -0.05) is 41.5 Å². The fraction of sp³-hybridized carbons (Fsp3) is 1.00. The maximum Gasteiger partial charge on any atom is 0.271 e. The van der Waals surface area contributed by atoms with Gasteiger partial charge in [0.2, 0.25) is 17.4 Å². The zero-order valence-corrected chi connectivity index (χ0v) is 41.8. The van der Waals surface area contributed by atoms with E-state index in [-0.39, 0.29) is 53.8 Å². The molecule has 15 heteroatoms. The maximum atomic E-state index is 6.94. The molecule has 0 radical (unpaired) electrons. The lowest BCUT2D eigenvalue weighted by Crippen LogP contribution is -2.70. The van der Waals surface area contributed by atoms with E-state index in [1.54, 1.807) is 0 Å². The Morgan fingerprint density at radius 1 is 0.388 bits per heavy atom. The Hall–Kier alpha value is -0.600. The first-order valence-corrected chi connectivity index (χ1v) is 27.1. The largest absolute Gasteiger partial charge is 0.346 e. The van der Waals surface area contributed by atoms with E-state index in [9.17, 15) is 0 Å². The lowest BCUT2D eigenvalue weighted by Gasteiger charge is -2.60. The van der Waals surface area contributed by atoms with E-state index in [4.69, 9.17) is 72.0 Å². The highest BCUT2D eigenvalue weighted by Crippen LogP contribution is 2.64. The molecule has 15 aliphatic rings. The summed E-state index contributed by atoms with van der Waals surface area (Å²) in [6, 6.07) is 0. The van der Waals surface area contributed by atoms with E-state index in [0.717, 1.165) is 77.0 Å². The molecular formula is C52H82O15. The minimum atomic E-state index is -0.900. The topological polar surface area (TPSA) is 138 Å². The predicted molar refractivity (Wildman–Crippen MR) is 236 cm³/mol. The van der Waals surface area contributed by atoms with Crippen molar-refractivity contribution in [3.8, 4) is 0 Å². The first kappa shape index (κ1) is 47.4. The molecule has 380 valence electrons. The smallest absolute Gasteiger partial charge is 0.271 e. The average Bonchev–Trinajstić information content (AvgIpc) is 3.78. The van der Waals surface area contributed by atoms with E-state index in [2.05, 4.69) is 41.5 Å². The van der Waals surface area contributed by atoms with Crippen molar-refractivity contribution in [1.82, 2.24) is 0 Å². The summed E-state index contributed by atoms with van der Waals surface area (Å²) in [4.78, 5) is 37.5. The number of rotatable bonds is 12. The molecule has 3 unspecified atom stereocenters. The first-order chi connectivity index (χ1) is 32.1. The molecule has 67 heavy (non-hydrogen) atoms. The van der Waals surface area contributed by atoms with Gasteiger partial charge in [-0.05, 0) is 151 Å². The van der Waals surface area contributed by atoms with Crippen molar-refractivity contribution in [2.24, 2.45) is 71.0 Å². The third-order valence-electron chi connectivity index (χ3n) is 20.9. The van der Waals surface area contributed by atoms with Crippen LogP contribution in [0.15, 0.2) is 0 Å². The van der Waals surface area contributed by atoms with Gasteiger partial charge in [0.1, 0.15) is 0 Å². The van der Waals surface area contributed by atoms with Crippen LogP contribution in [0.3, 0.4) is 0 Å². The van der Waals surface area contributed by atoms with Gasteiger partial charge in [-0.25, -0.2) is 29.3 Å². The molecule has 24 atom stereocenters. The Kier molecular flexibility index (Phi) is 12.2. The molecular weight excluding hydrogens is 865 g/mol. The van der Waals surface area contributed by atoms with E-state index < -0.39 is 59.5 Å². The van der Waals surface area contributed by atoms with Crippen molar-refractivity contribution in [2.75, 3.05) is 19.8 Å². The third kappa shape index (κ3) is 7.41. The number of ether oxygens (including phenoxy) is 9. The number of fused-ring (bicyclic) bond motifs is 6. The summed E-state index contributed by atoms with van der Waals surface area (Å²) in [5.41, 5.74) is -1.79. The summed E-state index contributed by atoms with van der Waals surface area (Å²) in [7, 11) is 0. The molecule has 12 heterocycles. The molecule has 0 aromatic rings. The van der Waals surface area contributed by atoms with Crippen LogP contribution in [0.2, 0.25) is 0 Å². The van der Waals surface area contributed by atoms with Crippen LogP contribution in [-0.2, 0) is 72.0 Å². The molecule has 15 fully saturated rings. The monoisotopic (exact) mass is 947 g/mol. The van der Waals surface area contributed by atoms with Gasteiger partial charge in [0.05, 0.1) is 38.1 Å². The van der Waals surface area contributed by atoms with E-state index in [1.165, 1.54) is 0 Å². The van der Waals surface area contributed by atoms with Gasteiger partial charge in [0.25, 0.3) is 6.48 Å². The molecule has 3 spiro atoms. The van der Waals surface area contributed by atoms with Crippen LogP contribution in [0.1, 0.15) is 159 Å². The van der Waals surface area contributed by atoms with Gasteiger partial charge in [-0.15, -0.1) is 0 Å². The Morgan fingerprint density at radius 3 is 0.985 bits per heavy atom. The van der Waals surface area contributed by atoms with Gasteiger partial charge in [0, 0.05) is 37.0 Å². The molecule has 12 saturated heterocycles. The maximum absolute atomic E-state index is 6.94. The second-order valence-corrected chi connectivity index (χ2v) is 24.6. The van der Waals surface area contributed by atoms with E-state index in [1.807, 2.05) is 20.8 Å². The second kappa shape index (κ2) is 17.2. The third-order valence-corrected chi connectivity index (χ3v) is 20.9. The predicted octanol–water partition coefficient (Wildman–Crippen LogP) is 9.24. The van der Waals surface area contributed by atoms with E-state index >= 15 is 0 Å². The van der Waals surface area contributed by atoms with Crippen LogP contribution in [0, 0.1) is 71.0 Å². The van der Waals surface area contributed by atoms with Crippen LogP contribution in [-0.4, -0.2) is 97.6 Å². The summed E-state index contributed by atoms with van der Waals surface area (Å²) in [5.74, 6) is 1.44. The lowest BCUT2D eigenvalue weighted by molar-refractivity contribution is -0.571. The Bertz CT molecular complexity index is 1610. The minimum Gasteiger partial charge on any atom is -0.346 e. The zero-order chi connectivity index (χ0) is 46.3. The summed E-state index contributed by atoms with van der Waals surface area (Å²) in [6.45, 7) is 20.2. The van der Waals surface area contributed by atoms with Gasteiger partial charge < -0.3 is 42.6 Å². The lowest BCUT2D eigenvalue weighted by atomic mass is 9.57. The average molecular weight is 947 g/mol. The second-order valence-electron chi connectivity index (χ2n) is 24.6. The molecule has 0 aromatic heterocycles. The fourth-order valence-corrected chi connectivity index (χ4v) is 16.9. The van der Waals surface area contributed by atoms with Crippen molar-refractivity contribution >= 4 is 0 Å². The van der Waals surface area contributed by atoms with Crippen LogP contribution >= 0.6 is 0 Å². The zero-order valence-electron chi connectivity index (χ0n) is 41.8. The van der Waals surface area contributed by atoms with Crippen molar-refractivity contribution in [1.29, 1.82) is 0 Å². The quantitative estimate of drug-likeness (QED) is 0.136. The SMILES string of the molecule is C[C@@H]1CC[C@H]2[C@@H](C)C(CCOC(OCCC3O[C@@H]4O[C@]5(C)CC[C@H]6[C@H](C)CC[C@@H]([C@H]3C)[C@@]46OO5)OCCC3O[C@@H]4O[C@]5(C)CC[C@H]6[C@H](C)CC[C@@H]([C@H]3C)[C@@]46OO5)O[C@@H]3O[C@@]4(C)CC[C@@H]1[C@]32OO4. The van der Waals surface area contributed by atoms with Crippen molar-refractivity contribution < 1.29 is 72.0 Å². The molecule has 6 bridgehead atoms. The Balaban J connectivity index is 0.730. The van der Waals surface area contributed by atoms with Crippen LogP contribution in [0.25, 0.3) is 0 Å². The molecule has 0 aromatic carbocycles. The summed E-state index contributed by atoms with van der Waals surface area (Å²) in [5, 5.41) is 0. The fourth-order valence-electron chi connectivity index (χ4n) is 16.9. The molecule has 3 aliphatic carbocycles. The summed E-state index contributed by atoms with van der Waals surface area (Å²) < 4.78 is 60.7.